The van der Waals surface area contributed by atoms with Gasteiger partial charge in [0.25, 0.3) is 0 Å². The van der Waals surface area contributed by atoms with Gasteiger partial charge in [-0.2, -0.15) is 0 Å². The van der Waals surface area contributed by atoms with Crippen molar-refractivity contribution in [2.45, 2.75) is 6.92 Å². The molecule has 1 aromatic heterocycles. The monoisotopic (exact) mass is 262 g/mol. The Kier molecular flexibility index (Phi) is 3.74. The van der Waals surface area contributed by atoms with Crippen molar-refractivity contribution >= 4 is 34.8 Å². The van der Waals surface area contributed by atoms with E-state index in [9.17, 15) is 4.79 Å². The highest BCUT2D eigenvalue weighted by Gasteiger charge is 2.00. The molecule has 0 atom stereocenters. The van der Waals surface area contributed by atoms with Crippen LogP contribution < -0.4 is 10.6 Å². The minimum Gasteiger partial charge on any atom is -0.339 e. The number of anilines is 3. The van der Waals surface area contributed by atoms with Crippen molar-refractivity contribution in [2.24, 2.45) is 0 Å². The van der Waals surface area contributed by atoms with Crippen LogP contribution in [0.3, 0.4) is 0 Å². The maximum atomic E-state index is 10.8. The zero-order valence-corrected chi connectivity index (χ0v) is 10.4. The molecule has 1 heterocycles. The molecule has 18 heavy (non-hydrogen) atoms. The fraction of sp³-hybridized carbons (Fsp3) is 0.0833. The molecule has 0 radical (unpaired) electrons. The molecular formula is C12H11ClN4O. The van der Waals surface area contributed by atoms with Gasteiger partial charge in [0.2, 0.25) is 5.91 Å². The first-order valence-corrected chi connectivity index (χ1v) is 5.65. The third-order valence-corrected chi connectivity index (χ3v) is 2.30. The smallest absolute Gasteiger partial charge is 0.222 e. The van der Waals surface area contributed by atoms with E-state index in [1.165, 1.54) is 6.92 Å². The van der Waals surface area contributed by atoms with Crippen molar-refractivity contribution in [1.29, 1.82) is 0 Å². The molecule has 2 aromatic rings. The molecule has 0 aliphatic rings. The van der Waals surface area contributed by atoms with Crippen molar-refractivity contribution in [3.8, 4) is 0 Å². The Morgan fingerprint density at radius 3 is 2.50 bits per heavy atom. The molecule has 92 valence electrons. The number of hydrogen-bond donors (Lipinski definition) is 2. The number of benzene rings is 1. The summed E-state index contributed by atoms with van der Waals surface area (Å²) in [5, 5.41) is 14.0. The summed E-state index contributed by atoms with van der Waals surface area (Å²) in [5.41, 5.74) is 0.823. The van der Waals surface area contributed by atoms with Crippen LogP contribution in [0.25, 0.3) is 0 Å². The maximum Gasteiger partial charge on any atom is 0.222 e. The lowest BCUT2D eigenvalue weighted by molar-refractivity contribution is -0.114. The Hall–Kier alpha value is -2.14. The number of halogens is 1. The quantitative estimate of drug-likeness (QED) is 0.893. The van der Waals surface area contributed by atoms with Crippen LogP contribution in [0.4, 0.5) is 17.3 Å². The normalized spacial score (nSPS) is 9.89. The first-order chi connectivity index (χ1) is 8.63. The number of hydrogen-bond acceptors (Lipinski definition) is 4. The highest BCUT2D eigenvalue weighted by molar-refractivity contribution is 6.30. The molecule has 0 saturated heterocycles. The van der Waals surface area contributed by atoms with E-state index in [0.717, 1.165) is 5.69 Å². The molecule has 2 N–H and O–H groups in total. The van der Waals surface area contributed by atoms with Gasteiger partial charge in [-0.15, -0.1) is 10.2 Å². The van der Waals surface area contributed by atoms with Crippen LogP contribution in [0.2, 0.25) is 5.02 Å². The zero-order valence-electron chi connectivity index (χ0n) is 9.64. The summed E-state index contributed by atoms with van der Waals surface area (Å²) in [6.07, 6.45) is 0. The summed E-state index contributed by atoms with van der Waals surface area (Å²) in [7, 11) is 0. The van der Waals surface area contributed by atoms with E-state index in [2.05, 4.69) is 20.8 Å². The number of nitrogens with zero attached hydrogens (tertiary/aromatic N) is 2. The second kappa shape index (κ2) is 5.46. The molecule has 0 aliphatic carbocycles. The topological polar surface area (TPSA) is 66.9 Å². The predicted octanol–water partition coefficient (Wildman–Crippen LogP) is 2.83. The van der Waals surface area contributed by atoms with E-state index < -0.39 is 0 Å². The van der Waals surface area contributed by atoms with E-state index in [4.69, 9.17) is 11.6 Å². The van der Waals surface area contributed by atoms with Crippen molar-refractivity contribution < 1.29 is 4.79 Å². The molecule has 1 aromatic carbocycles. The van der Waals surface area contributed by atoms with Crippen LogP contribution >= 0.6 is 11.6 Å². The van der Waals surface area contributed by atoms with Gasteiger partial charge in [-0.3, -0.25) is 4.79 Å². The second-order valence-electron chi connectivity index (χ2n) is 3.62. The zero-order chi connectivity index (χ0) is 13.0. The van der Waals surface area contributed by atoms with Crippen LogP contribution in [0.15, 0.2) is 36.4 Å². The van der Waals surface area contributed by atoms with E-state index in [-0.39, 0.29) is 5.91 Å². The van der Waals surface area contributed by atoms with Crippen LogP contribution in [0, 0.1) is 0 Å². The minimum atomic E-state index is -0.181. The van der Waals surface area contributed by atoms with E-state index in [0.29, 0.717) is 16.7 Å². The molecule has 0 unspecified atom stereocenters. The number of amides is 1. The predicted molar refractivity (Wildman–Crippen MR) is 71.1 cm³/mol. The number of carbonyl (C=O) groups is 1. The van der Waals surface area contributed by atoms with E-state index in [1.54, 1.807) is 24.3 Å². The first kappa shape index (κ1) is 12.3. The van der Waals surface area contributed by atoms with Gasteiger partial charge in [-0.05, 0) is 30.3 Å². The third kappa shape index (κ3) is 3.43. The van der Waals surface area contributed by atoms with Crippen LogP contribution in [0.5, 0.6) is 0 Å². The molecule has 6 heteroatoms. The summed E-state index contributed by atoms with van der Waals surface area (Å²) in [6.45, 7) is 1.42. The lowest BCUT2D eigenvalue weighted by Crippen LogP contribution is -2.08. The molecule has 2 rings (SSSR count). The van der Waals surface area contributed by atoms with Gasteiger partial charge in [0.05, 0.1) is 0 Å². The van der Waals surface area contributed by atoms with Gasteiger partial charge in [0, 0.05) is 17.6 Å². The van der Waals surface area contributed by atoms with Crippen molar-refractivity contribution in [1.82, 2.24) is 10.2 Å². The largest absolute Gasteiger partial charge is 0.339 e. The number of nitrogens with one attached hydrogen (secondary N) is 2. The highest BCUT2D eigenvalue weighted by Crippen LogP contribution is 2.18. The lowest BCUT2D eigenvalue weighted by atomic mass is 10.3. The standard InChI is InChI=1S/C12H11ClN4O/c1-8(18)14-11-5-6-12(17-16-11)15-10-4-2-3-9(13)7-10/h2-7H,1H3,(H,15,17)(H,14,16,18). The highest BCUT2D eigenvalue weighted by atomic mass is 35.5. The van der Waals surface area contributed by atoms with Crippen molar-refractivity contribution in [3.63, 3.8) is 0 Å². The van der Waals surface area contributed by atoms with Gasteiger partial charge in [0.1, 0.15) is 0 Å². The number of rotatable bonds is 3. The minimum absolute atomic E-state index is 0.181. The van der Waals surface area contributed by atoms with Crippen molar-refractivity contribution in [3.05, 3.63) is 41.4 Å². The SMILES string of the molecule is CC(=O)Nc1ccc(Nc2cccc(Cl)c2)nn1. The van der Waals surface area contributed by atoms with Crippen LogP contribution in [0.1, 0.15) is 6.92 Å². The molecule has 0 bridgehead atoms. The maximum absolute atomic E-state index is 10.8. The molecule has 0 spiro atoms. The van der Waals surface area contributed by atoms with Crippen LogP contribution in [-0.4, -0.2) is 16.1 Å². The van der Waals surface area contributed by atoms with Gasteiger partial charge in [-0.25, -0.2) is 0 Å². The Labute approximate surface area is 109 Å². The molecule has 1 amide bonds. The average molecular weight is 263 g/mol. The lowest BCUT2D eigenvalue weighted by Gasteiger charge is -2.06. The van der Waals surface area contributed by atoms with Gasteiger partial charge < -0.3 is 10.6 Å². The average Bonchev–Trinajstić information content (AvgIpc) is 2.31. The van der Waals surface area contributed by atoms with Crippen molar-refractivity contribution in [2.75, 3.05) is 10.6 Å². The van der Waals surface area contributed by atoms with Gasteiger partial charge in [-0.1, -0.05) is 17.7 Å². The molecular weight excluding hydrogens is 252 g/mol. The Morgan fingerprint density at radius 2 is 1.89 bits per heavy atom. The second-order valence-corrected chi connectivity index (χ2v) is 4.06. The van der Waals surface area contributed by atoms with E-state index >= 15 is 0 Å². The Balaban J connectivity index is 2.08. The molecule has 5 nitrogen and oxygen atoms in total. The fourth-order valence-corrected chi connectivity index (χ4v) is 1.55. The summed E-state index contributed by atoms with van der Waals surface area (Å²) in [4.78, 5) is 10.8. The first-order valence-electron chi connectivity index (χ1n) is 5.27. The van der Waals surface area contributed by atoms with Crippen LogP contribution in [-0.2, 0) is 4.79 Å². The third-order valence-electron chi connectivity index (χ3n) is 2.07. The summed E-state index contributed by atoms with van der Waals surface area (Å²) >= 11 is 5.87. The molecule has 0 saturated carbocycles. The number of aromatic nitrogens is 2. The summed E-state index contributed by atoms with van der Waals surface area (Å²) in [5.74, 6) is 0.811. The number of carbonyl (C=O) groups excluding carboxylic acids is 1. The Bertz CT molecular complexity index is 556. The fourth-order valence-electron chi connectivity index (χ4n) is 1.36. The Morgan fingerprint density at radius 1 is 1.17 bits per heavy atom. The van der Waals surface area contributed by atoms with Gasteiger partial charge >= 0.3 is 0 Å². The molecule has 0 aliphatic heterocycles. The molecule has 0 fully saturated rings. The summed E-state index contributed by atoms with van der Waals surface area (Å²) < 4.78 is 0. The van der Waals surface area contributed by atoms with E-state index in [1.807, 2.05) is 12.1 Å². The van der Waals surface area contributed by atoms with Gasteiger partial charge in [0.15, 0.2) is 11.6 Å². The summed E-state index contributed by atoms with van der Waals surface area (Å²) in [6, 6.07) is 10.7.